The van der Waals surface area contributed by atoms with Gasteiger partial charge >= 0.3 is 0 Å². The van der Waals surface area contributed by atoms with Crippen LogP contribution in [0.25, 0.3) is 0 Å². The summed E-state index contributed by atoms with van der Waals surface area (Å²) in [6.45, 7) is 4.41. The van der Waals surface area contributed by atoms with Crippen LogP contribution in [-0.4, -0.2) is 18.3 Å². The lowest BCUT2D eigenvalue weighted by atomic mass is 10.00. The van der Waals surface area contributed by atoms with Crippen molar-refractivity contribution < 1.29 is 0 Å². The van der Waals surface area contributed by atoms with Crippen LogP contribution in [0.5, 0.6) is 0 Å². The third-order valence-electron chi connectivity index (χ3n) is 3.33. The summed E-state index contributed by atoms with van der Waals surface area (Å²) >= 11 is 3.79. The van der Waals surface area contributed by atoms with Crippen LogP contribution in [-0.2, 0) is 6.42 Å². The lowest BCUT2D eigenvalue weighted by Crippen LogP contribution is -1.94. The van der Waals surface area contributed by atoms with Crippen LogP contribution < -0.4 is 0 Å². The van der Waals surface area contributed by atoms with Gasteiger partial charge in [0.05, 0.1) is 0 Å². The summed E-state index contributed by atoms with van der Waals surface area (Å²) in [5.41, 5.74) is 4.38. The number of aryl methyl sites for hydroxylation is 3. The van der Waals surface area contributed by atoms with Crippen molar-refractivity contribution in [1.82, 2.24) is 0 Å². The average molecular weight is 331 g/mol. The van der Waals surface area contributed by atoms with E-state index in [2.05, 4.69) is 59.4 Å². The number of halogens is 1. The second-order valence-electron chi connectivity index (χ2n) is 5.70. The Hall–Kier alpha value is 0.0500. The van der Waals surface area contributed by atoms with E-state index in [1.165, 1.54) is 49.0 Å². The number of hydrogen-bond acceptors (Lipinski definition) is 0. The van der Waals surface area contributed by atoms with Gasteiger partial charge in [-0.1, -0.05) is 36.6 Å². The van der Waals surface area contributed by atoms with Crippen LogP contribution in [0.4, 0.5) is 0 Å². The SMILES string of the molecule is Cc1ccc(C)c(CCCCCCS(C)(C)Br)c1. The molecular formula is C16H27BrS. The molecule has 2 heteroatoms. The highest BCUT2D eigenvalue weighted by atomic mass is 79.9. The number of benzene rings is 1. The Bertz CT molecular complexity index is 366. The van der Waals surface area contributed by atoms with Crippen LogP contribution in [0.15, 0.2) is 18.2 Å². The maximum atomic E-state index is 3.79. The summed E-state index contributed by atoms with van der Waals surface area (Å²) < 4.78 is 0. The van der Waals surface area contributed by atoms with Crippen molar-refractivity contribution in [1.29, 1.82) is 0 Å². The van der Waals surface area contributed by atoms with Gasteiger partial charge in [0.2, 0.25) is 0 Å². The second kappa shape index (κ2) is 7.59. The molecule has 1 aromatic rings. The minimum Gasteiger partial charge on any atom is -0.189 e. The molecule has 0 fully saturated rings. The summed E-state index contributed by atoms with van der Waals surface area (Å²) in [6.07, 6.45) is 11.4. The van der Waals surface area contributed by atoms with Gasteiger partial charge in [0, 0.05) is 0 Å². The first kappa shape index (κ1) is 16.1. The van der Waals surface area contributed by atoms with Crippen molar-refractivity contribution >= 4 is 23.3 Å². The zero-order chi connectivity index (χ0) is 13.6. The molecule has 0 unspecified atom stereocenters. The average Bonchev–Trinajstić information content (AvgIpc) is 2.26. The Morgan fingerprint density at radius 1 is 1.00 bits per heavy atom. The fraction of sp³-hybridized carbons (Fsp3) is 0.625. The molecule has 18 heavy (non-hydrogen) atoms. The second-order valence-corrected chi connectivity index (χ2v) is 14.2. The summed E-state index contributed by atoms with van der Waals surface area (Å²) in [7, 11) is -0.463. The first-order chi connectivity index (χ1) is 8.38. The predicted octanol–water partition coefficient (Wildman–Crippen LogP) is 5.78. The highest BCUT2D eigenvalue weighted by Crippen LogP contribution is 2.48. The fourth-order valence-corrected chi connectivity index (χ4v) is 3.76. The molecule has 0 radical (unpaired) electrons. The number of rotatable bonds is 7. The van der Waals surface area contributed by atoms with E-state index < -0.39 is 8.46 Å². The van der Waals surface area contributed by atoms with E-state index in [0.29, 0.717) is 0 Å². The standard InChI is InChI=1S/C16H27BrS/c1-14-10-11-15(2)16(13-14)9-7-5-6-8-12-18(3,4)17/h10-11,13H,5-9,12H2,1-4H3. The van der Waals surface area contributed by atoms with Gasteiger partial charge in [0.15, 0.2) is 0 Å². The Morgan fingerprint density at radius 2 is 1.67 bits per heavy atom. The lowest BCUT2D eigenvalue weighted by molar-refractivity contribution is 0.668. The summed E-state index contributed by atoms with van der Waals surface area (Å²) in [5, 5.41) is 0. The number of hydrogen-bond donors (Lipinski definition) is 0. The van der Waals surface area contributed by atoms with Gasteiger partial charge in [-0.25, -0.2) is 0 Å². The van der Waals surface area contributed by atoms with Crippen molar-refractivity contribution in [3.63, 3.8) is 0 Å². The maximum absolute atomic E-state index is 3.79. The van der Waals surface area contributed by atoms with Gasteiger partial charge in [0.25, 0.3) is 0 Å². The Balaban J connectivity index is 2.20. The van der Waals surface area contributed by atoms with Crippen LogP contribution in [0.1, 0.15) is 42.4 Å². The highest BCUT2D eigenvalue weighted by Gasteiger charge is 2.05. The molecule has 0 nitrogen and oxygen atoms in total. The van der Waals surface area contributed by atoms with E-state index in [9.17, 15) is 0 Å². The van der Waals surface area contributed by atoms with Crippen LogP contribution in [0.3, 0.4) is 0 Å². The van der Waals surface area contributed by atoms with E-state index in [-0.39, 0.29) is 0 Å². The molecule has 0 saturated heterocycles. The first-order valence-corrected chi connectivity index (χ1v) is 11.3. The van der Waals surface area contributed by atoms with Gasteiger partial charge < -0.3 is 0 Å². The lowest BCUT2D eigenvalue weighted by Gasteiger charge is -2.21. The largest absolute Gasteiger partial charge is 0.189 e. The molecule has 1 aromatic carbocycles. The van der Waals surface area contributed by atoms with E-state index in [0.717, 1.165) is 0 Å². The monoisotopic (exact) mass is 330 g/mol. The Labute approximate surface area is 122 Å². The molecule has 0 atom stereocenters. The van der Waals surface area contributed by atoms with Crippen molar-refractivity contribution in [3.05, 3.63) is 34.9 Å². The van der Waals surface area contributed by atoms with E-state index in [1.807, 2.05) is 0 Å². The third-order valence-corrected chi connectivity index (χ3v) is 5.56. The molecule has 1 rings (SSSR count). The number of unbranched alkanes of at least 4 members (excludes halogenated alkanes) is 3. The summed E-state index contributed by atoms with van der Waals surface area (Å²) in [5.74, 6) is 1.36. The smallest absolute Gasteiger partial charge is 0.0141 e. The zero-order valence-corrected chi connectivity index (χ0v) is 14.7. The van der Waals surface area contributed by atoms with Crippen LogP contribution in [0.2, 0.25) is 0 Å². The molecule has 0 bridgehead atoms. The molecule has 0 heterocycles. The minimum absolute atomic E-state index is 0.463. The molecular weight excluding hydrogens is 304 g/mol. The van der Waals surface area contributed by atoms with Gasteiger partial charge in [-0.15, -0.1) is 0 Å². The van der Waals surface area contributed by atoms with E-state index in [1.54, 1.807) is 5.56 Å². The molecule has 104 valence electrons. The Kier molecular flexibility index (Phi) is 6.79. The molecule has 0 saturated carbocycles. The molecule has 0 aliphatic rings. The van der Waals surface area contributed by atoms with Gasteiger partial charge in [-0.2, -0.15) is 8.46 Å². The third kappa shape index (κ3) is 6.84. The van der Waals surface area contributed by atoms with Crippen molar-refractivity contribution in [2.75, 3.05) is 18.3 Å². The van der Waals surface area contributed by atoms with Crippen molar-refractivity contribution in [2.45, 2.75) is 46.0 Å². The van der Waals surface area contributed by atoms with E-state index in [4.69, 9.17) is 0 Å². The first-order valence-electron chi connectivity index (χ1n) is 6.85. The minimum atomic E-state index is -0.463. The van der Waals surface area contributed by atoms with Crippen molar-refractivity contribution in [3.8, 4) is 0 Å². The van der Waals surface area contributed by atoms with Gasteiger partial charge in [-0.05, 0) is 77.3 Å². The fourth-order valence-electron chi connectivity index (χ4n) is 2.18. The van der Waals surface area contributed by atoms with Crippen LogP contribution in [0, 0.1) is 13.8 Å². The molecule has 0 amide bonds. The topological polar surface area (TPSA) is 0 Å². The highest BCUT2D eigenvalue weighted by molar-refractivity contribution is 9.58. The van der Waals surface area contributed by atoms with Crippen molar-refractivity contribution in [2.24, 2.45) is 0 Å². The summed E-state index contributed by atoms with van der Waals surface area (Å²) in [4.78, 5) is 0. The van der Waals surface area contributed by atoms with Crippen LogP contribution >= 0.6 is 23.3 Å². The van der Waals surface area contributed by atoms with Gasteiger partial charge in [-0.3, -0.25) is 0 Å². The molecule has 0 aromatic heterocycles. The maximum Gasteiger partial charge on any atom is -0.0141 e. The quantitative estimate of drug-likeness (QED) is 0.556. The zero-order valence-electron chi connectivity index (χ0n) is 12.3. The molecule has 0 spiro atoms. The predicted molar refractivity (Wildman–Crippen MR) is 91.3 cm³/mol. The summed E-state index contributed by atoms with van der Waals surface area (Å²) in [6, 6.07) is 6.81. The van der Waals surface area contributed by atoms with E-state index >= 15 is 0 Å². The molecule has 0 aliphatic carbocycles. The Morgan fingerprint density at radius 3 is 2.33 bits per heavy atom. The van der Waals surface area contributed by atoms with Gasteiger partial charge in [0.1, 0.15) is 0 Å². The molecule has 0 aliphatic heterocycles. The molecule has 0 N–H and O–H groups in total. The normalized spacial score (nSPS) is 12.7.